The number of ketones is 1. The lowest BCUT2D eigenvalue weighted by atomic mass is 10.0. The van der Waals surface area contributed by atoms with Crippen LogP contribution in [-0.2, 0) is 17.8 Å². The lowest BCUT2D eigenvalue weighted by molar-refractivity contribution is -0.117. The van der Waals surface area contributed by atoms with E-state index in [2.05, 4.69) is 36.1 Å². The molecule has 3 rings (SSSR count). The predicted octanol–water partition coefficient (Wildman–Crippen LogP) is 3.48. The lowest BCUT2D eigenvalue weighted by Crippen LogP contribution is -2.27. The summed E-state index contributed by atoms with van der Waals surface area (Å²) in [5.74, 6) is -0.304. The van der Waals surface area contributed by atoms with E-state index in [1.165, 1.54) is 33.9 Å². The number of aliphatic hydroxyl groups excluding tert-OH is 2. The van der Waals surface area contributed by atoms with Crippen molar-refractivity contribution in [1.29, 1.82) is 0 Å². The Morgan fingerprint density at radius 2 is 1.83 bits per heavy atom. The van der Waals surface area contributed by atoms with Crippen LogP contribution >= 0.6 is 0 Å². The zero-order valence-corrected chi connectivity index (χ0v) is 17.0. The van der Waals surface area contributed by atoms with Crippen molar-refractivity contribution in [1.82, 2.24) is 4.90 Å². The molecule has 0 aromatic heterocycles. The van der Waals surface area contributed by atoms with Crippen LogP contribution in [0.1, 0.15) is 35.6 Å². The van der Waals surface area contributed by atoms with Crippen molar-refractivity contribution in [2.75, 3.05) is 26.3 Å². The summed E-state index contributed by atoms with van der Waals surface area (Å²) in [6, 6.07) is 16.7. The number of carbonyl (C=O) groups is 1. The van der Waals surface area contributed by atoms with Gasteiger partial charge in [-0.05, 0) is 53.7 Å². The first-order chi connectivity index (χ1) is 14.1. The van der Waals surface area contributed by atoms with E-state index in [-0.39, 0.29) is 12.4 Å². The van der Waals surface area contributed by atoms with Crippen LogP contribution in [0.3, 0.4) is 0 Å². The van der Waals surface area contributed by atoms with Gasteiger partial charge in [0.2, 0.25) is 0 Å². The fourth-order valence-electron chi connectivity index (χ4n) is 3.85. The maximum Gasteiger partial charge on any atom is 0.181 e. The first kappa shape index (κ1) is 21.2. The average Bonchev–Trinajstić information content (AvgIpc) is 3.06. The average molecular weight is 392 g/mol. The molecule has 0 spiro atoms. The van der Waals surface area contributed by atoms with E-state index in [9.17, 15) is 9.90 Å². The minimum atomic E-state index is -0.467. The molecular formula is C25H29NO3. The van der Waals surface area contributed by atoms with Crippen molar-refractivity contribution in [3.63, 3.8) is 0 Å². The van der Waals surface area contributed by atoms with Crippen molar-refractivity contribution >= 4 is 17.4 Å². The van der Waals surface area contributed by atoms with Crippen LogP contribution in [0.25, 0.3) is 11.6 Å². The van der Waals surface area contributed by atoms with Crippen LogP contribution in [-0.4, -0.2) is 47.2 Å². The van der Waals surface area contributed by atoms with Crippen molar-refractivity contribution in [3.05, 3.63) is 82.4 Å². The number of hydrogen-bond acceptors (Lipinski definition) is 4. The van der Waals surface area contributed by atoms with E-state index in [4.69, 9.17) is 5.11 Å². The molecule has 0 aliphatic heterocycles. The highest BCUT2D eigenvalue weighted by atomic mass is 16.3. The molecule has 29 heavy (non-hydrogen) atoms. The van der Waals surface area contributed by atoms with E-state index in [1.54, 1.807) is 6.08 Å². The zero-order chi connectivity index (χ0) is 20.6. The van der Waals surface area contributed by atoms with Crippen LogP contribution < -0.4 is 0 Å². The van der Waals surface area contributed by atoms with Gasteiger partial charge in [0.05, 0.1) is 6.61 Å². The highest BCUT2D eigenvalue weighted by Gasteiger charge is 2.18. The van der Waals surface area contributed by atoms with Crippen LogP contribution in [0.15, 0.2) is 60.2 Å². The molecule has 4 nitrogen and oxygen atoms in total. The molecule has 0 heterocycles. The van der Waals surface area contributed by atoms with E-state index >= 15 is 0 Å². The Kier molecular flexibility index (Phi) is 7.53. The van der Waals surface area contributed by atoms with Gasteiger partial charge < -0.3 is 10.2 Å². The molecule has 1 aliphatic rings. The van der Waals surface area contributed by atoms with Gasteiger partial charge >= 0.3 is 0 Å². The van der Waals surface area contributed by atoms with E-state index in [1.807, 2.05) is 24.3 Å². The summed E-state index contributed by atoms with van der Waals surface area (Å²) in [4.78, 5) is 13.5. The van der Waals surface area contributed by atoms with E-state index < -0.39 is 6.61 Å². The number of nitrogens with zero attached hydrogens (tertiary/aromatic N) is 1. The summed E-state index contributed by atoms with van der Waals surface area (Å²) in [5, 5.41) is 18.3. The van der Waals surface area contributed by atoms with Crippen molar-refractivity contribution in [3.8, 4) is 0 Å². The molecule has 0 saturated heterocycles. The molecule has 0 fully saturated rings. The molecule has 2 aromatic carbocycles. The number of benzene rings is 2. The fraction of sp³-hybridized carbons (Fsp3) is 0.320. The number of carbonyl (C=O) groups excluding carboxylic acids is 1. The fourth-order valence-corrected chi connectivity index (χ4v) is 3.85. The first-order valence-electron chi connectivity index (χ1n) is 10.1. The summed E-state index contributed by atoms with van der Waals surface area (Å²) < 4.78 is 0. The molecule has 2 N–H and O–H groups in total. The van der Waals surface area contributed by atoms with Gasteiger partial charge in [0.15, 0.2) is 5.78 Å². The molecule has 0 atom stereocenters. The third-order valence-electron chi connectivity index (χ3n) is 5.41. The third kappa shape index (κ3) is 5.73. The number of rotatable bonds is 10. The second-order valence-corrected chi connectivity index (χ2v) is 7.54. The van der Waals surface area contributed by atoms with Crippen molar-refractivity contribution in [2.45, 2.75) is 26.3 Å². The topological polar surface area (TPSA) is 60.8 Å². The molecule has 0 amide bonds. The highest BCUT2D eigenvalue weighted by Crippen LogP contribution is 2.34. The van der Waals surface area contributed by atoms with Gasteiger partial charge in [-0.2, -0.15) is 0 Å². The SMILES string of the molecule is CC1=C(CCN(CCO)Cc2ccc(/C=C/C(=O)CO)cc2)c2ccccc2C1. The minimum Gasteiger partial charge on any atom is -0.395 e. The Bertz CT molecular complexity index is 897. The molecule has 0 bridgehead atoms. The maximum atomic E-state index is 11.2. The second-order valence-electron chi connectivity index (χ2n) is 7.54. The highest BCUT2D eigenvalue weighted by molar-refractivity contribution is 5.94. The Labute approximate surface area is 172 Å². The smallest absolute Gasteiger partial charge is 0.181 e. The van der Waals surface area contributed by atoms with E-state index in [0.29, 0.717) is 6.54 Å². The van der Waals surface area contributed by atoms with Crippen LogP contribution in [0.5, 0.6) is 0 Å². The molecule has 0 saturated carbocycles. The summed E-state index contributed by atoms with van der Waals surface area (Å²) in [7, 11) is 0. The van der Waals surface area contributed by atoms with Gasteiger partial charge in [-0.1, -0.05) is 60.2 Å². The minimum absolute atomic E-state index is 0.138. The molecule has 2 aromatic rings. The normalized spacial score (nSPS) is 13.5. The predicted molar refractivity (Wildman–Crippen MR) is 117 cm³/mol. The maximum absolute atomic E-state index is 11.2. The number of hydrogen-bond donors (Lipinski definition) is 2. The third-order valence-corrected chi connectivity index (χ3v) is 5.41. The number of allylic oxidation sites excluding steroid dienone is 1. The number of fused-ring (bicyclic) bond motifs is 1. The lowest BCUT2D eigenvalue weighted by Gasteiger charge is -2.22. The Morgan fingerprint density at radius 1 is 1.07 bits per heavy atom. The van der Waals surface area contributed by atoms with Crippen molar-refractivity contribution in [2.24, 2.45) is 0 Å². The summed E-state index contributed by atoms with van der Waals surface area (Å²) in [5.41, 5.74) is 7.77. The summed E-state index contributed by atoms with van der Waals surface area (Å²) >= 11 is 0. The van der Waals surface area contributed by atoms with Crippen molar-refractivity contribution < 1.29 is 15.0 Å². The van der Waals surface area contributed by atoms with Gasteiger partial charge in [-0.15, -0.1) is 0 Å². The first-order valence-corrected chi connectivity index (χ1v) is 10.1. The van der Waals surface area contributed by atoms with Crippen LogP contribution in [0.2, 0.25) is 0 Å². The Hall–Kier alpha value is -2.53. The number of aliphatic hydroxyl groups is 2. The second kappa shape index (κ2) is 10.3. The monoisotopic (exact) mass is 391 g/mol. The quantitative estimate of drug-likeness (QED) is 0.609. The Morgan fingerprint density at radius 3 is 2.55 bits per heavy atom. The molecule has 0 radical (unpaired) electrons. The summed E-state index contributed by atoms with van der Waals surface area (Å²) in [6.45, 7) is 4.20. The van der Waals surface area contributed by atoms with Crippen LogP contribution in [0, 0.1) is 0 Å². The zero-order valence-electron chi connectivity index (χ0n) is 17.0. The van der Waals surface area contributed by atoms with Gasteiger partial charge in [0.1, 0.15) is 6.61 Å². The molecule has 0 unspecified atom stereocenters. The van der Waals surface area contributed by atoms with Gasteiger partial charge in [-0.25, -0.2) is 0 Å². The largest absolute Gasteiger partial charge is 0.395 e. The molecule has 1 aliphatic carbocycles. The standard InChI is InChI=1S/C25H29NO3/c1-19-16-22-4-2-3-5-25(22)24(19)12-13-26(14-15-27)17-21-8-6-20(7-9-21)10-11-23(29)18-28/h2-11,27-28H,12-18H2,1H3/b11-10+. The molecular weight excluding hydrogens is 362 g/mol. The van der Waals surface area contributed by atoms with Crippen LogP contribution in [0.4, 0.5) is 0 Å². The molecule has 152 valence electrons. The van der Waals surface area contributed by atoms with Gasteiger partial charge in [0.25, 0.3) is 0 Å². The van der Waals surface area contributed by atoms with E-state index in [0.717, 1.165) is 31.5 Å². The summed E-state index contributed by atoms with van der Waals surface area (Å²) in [6.07, 6.45) is 5.12. The Balaban J connectivity index is 1.61. The van der Waals surface area contributed by atoms with Gasteiger partial charge in [-0.3, -0.25) is 9.69 Å². The van der Waals surface area contributed by atoms with Gasteiger partial charge in [0, 0.05) is 19.6 Å². The molecule has 4 heteroatoms.